The zero-order chi connectivity index (χ0) is 25.2. The number of Topliss-reactive ketones (excluding diaryl/α,β-unsaturated/α-hetero) is 1. The molecule has 0 atom stereocenters. The molecule has 3 heterocycles. The van der Waals surface area contributed by atoms with Crippen LogP contribution in [0.25, 0.3) is 11.0 Å². The Balaban J connectivity index is -0.000000219. The number of aromatic nitrogens is 3. The number of amides is 1. The van der Waals surface area contributed by atoms with Gasteiger partial charge in [-0.05, 0) is 44.1 Å². The summed E-state index contributed by atoms with van der Waals surface area (Å²) in [7, 11) is 0. The van der Waals surface area contributed by atoms with Gasteiger partial charge in [-0.1, -0.05) is 24.6 Å². The summed E-state index contributed by atoms with van der Waals surface area (Å²) in [4.78, 5) is 66.5. The van der Waals surface area contributed by atoms with Gasteiger partial charge in [0.15, 0.2) is 0 Å². The zero-order valence-corrected chi connectivity index (χ0v) is 24.5. The van der Waals surface area contributed by atoms with Crippen molar-refractivity contribution in [1.29, 1.82) is 0 Å². The molecule has 0 saturated carbocycles. The minimum Gasteiger partial charge on any atom is -0.913 e. The molecular weight excluding hydrogens is 494 g/mol. The van der Waals surface area contributed by atoms with Crippen LogP contribution in [0, 0.1) is 13.1 Å². The Morgan fingerprint density at radius 2 is 1.56 bits per heavy atom. The molecule has 36 heavy (non-hydrogen) atoms. The molecule has 0 aromatic carbocycles. The van der Waals surface area contributed by atoms with E-state index in [1.165, 1.54) is 13.1 Å². The maximum atomic E-state index is 11.6. The number of nitrogens with zero attached hydrogens (tertiary/aromatic N) is 3. The third-order valence-corrected chi connectivity index (χ3v) is 3.63. The second-order valence-electron chi connectivity index (χ2n) is 5.96. The van der Waals surface area contributed by atoms with E-state index in [4.69, 9.17) is 19.2 Å². The Kier molecular flexibility index (Phi) is 27.1. The molecule has 0 fully saturated rings. The number of pyridine rings is 3. The summed E-state index contributed by atoms with van der Waals surface area (Å²) in [6, 6.07) is 7.00. The first-order valence-electron chi connectivity index (χ1n) is 9.31. The van der Waals surface area contributed by atoms with Crippen molar-refractivity contribution in [2.24, 2.45) is 0 Å². The van der Waals surface area contributed by atoms with E-state index in [0.29, 0.717) is 11.9 Å². The summed E-state index contributed by atoms with van der Waals surface area (Å²) >= 11 is 0. The van der Waals surface area contributed by atoms with E-state index >= 15 is 0 Å². The van der Waals surface area contributed by atoms with Gasteiger partial charge in [-0.3, -0.25) is 14.8 Å². The fraction of sp³-hybridized carbons (Fsp3) is 0.227. The summed E-state index contributed by atoms with van der Waals surface area (Å²) in [6.07, 6.45) is 7.57. The van der Waals surface area contributed by atoms with E-state index in [1.54, 1.807) is 18.3 Å². The van der Waals surface area contributed by atoms with Gasteiger partial charge in [0.1, 0.15) is 0 Å². The van der Waals surface area contributed by atoms with E-state index < -0.39 is 5.75 Å². The molecule has 3 rings (SSSR count). The molecule has 0 unspecified atom stereocenters. The van der Waals surface area contributed by atoms with Gasteiger partial charge in [-0.2, -0.15) is 24.9 Å². The SMILES string of the molecule is CC(=O)c1[c-]nc2cccnc2c1[O-].CCCC(=O)Nc1cccnc1C.O=C=O.O=C=O.[Na+].[Na+].[OH-]. The Hall–Kier alpha value is -2.63. The van der Waals surface area contributed by atoms with E-state index in [2.05, 4.69) is 26.5 Å². The van der Waals surface area contributed by atoms with Crippen LogP contribution in [0.3, 0.4) is 0 Å². The van der Waals surface area contributed by atoms with Crippen LogP contribution in [-0.4, -0.2) is 44.4 Å². The maximum Gasteiger partial charge on any atom is 1.00 e. The predicted molar refractivity (Wildman–Crippen MR) is 112 cm³/mol. The smallest absolute Gasteiger partial charge is 0.913 e. The van der Waals surface area contributed by atoms with Crippen LogP contribution >= 0.6 is 0 Å². The normalized spacial score (nSPS) is 7.97. The molecule has 0 spiro atoms. The number of hydrogen-bond acceptors (Lipinski definition) is 11. The molecule has 0 bridgehead atoms. The van der Waals surface area contributed by atoms with Crippen LogP contribution in [0.4, 0.5) is 5.69 Å². The van der Waals surface area contributed by atoms with Crippen molar-refractivity contribution >= 4 is 40.7 Å². The fourth-order valence-corrected chi connectivity index (χ4v) is 2.24. The number of ketones is 1. The van der Waals surface area contributed by atoms with Crippen LogP contribution in [0.15, 0.2) is 36.7 Å². The molecule has 12 nitrogen and oxygen atoms in total. The molecule has 2 N–H and O–H groups in total. The number of carbonyl (C=O) groups is 2. The first kappa shape index (κ1) is 40.5. The molecule has 14 heteroatoms. The van der Waals surface area contributed by atoms with Gasteiger partial charge < -0.3 is 25.7 Å². The van der Waals surface area contributed by atoms with E-state index in [0.717, 1.165) is 17.8 Å². The Bertz CT molecular complexity index is 1140. The molecule has 1 amide bonds. The minimum absolute atomic E-state index is 0. The third-order valence-electron chi connectivity index (χ3n) is 3.63. The van der Waals surface area contributed by atoms with Gasteiger partial charge in [0.25, 0.3) is 0 Å². The average molecular weight is 515 g/mol. The van der Waals surface area contributed by atoms with E-state index in [1.807, 2.05) is 26.0 Å². The molecule has 0 saturated heterocycles. The molecule has 0 aliphatic carbocycles. The average Bonchev–Trinajstić information content (AvgIpc) is 2.77. The maximum absolute atomic E-state index is 11.6. The molecule has 180 valence electrons. The molecule has 0 radical (unpaired) electrons. The Labute approximate surface area is 251 Å². The summed E-state index contributed by atoms with van der Waals surface area (Å²) in [5.74, 6) is -0.684. The van der Waals surface area contributed by atoms with Crippen molar-refractivity contribution in [3.63, 3.8) is 0 Å². The van der Waals surface area contributed by atoms with Gasteiger partial charge >= 0.3 is 71.4 Å². The van der Waals surface area contributed by atoms with Crippen molar-refractivity contribution in [1.82, 2.24) is 15.0 Å². The second-order valence-corrected chi connectivity index (χ2v) is 5.96. The zero-order valence-electron chi connectivity index (χ0n) is 20.5. The number of fused-ring (bicyclic) bond motifs is 1. The number of rotatable bonds is 4. The van der Waals surface area contributed by atoms with Gasteiger partial charge in [0.2, 0.25) is 5.91 Å². The van der Waals surface area contributed by atoms with Crippen LogP contribution in [0.2, 0.25) is 0 Å². The number of aryl methyl sites for hydroxylation is 1. The quantitative estimate of drug-likeness (QED) is 0.199. The van der Waals surface area contributed by atoms with Crippen LogP contribution in [0.1, 0.15) is 42.7 Å². The van der Waals surface area contributed by atoms with E-state index in [9.17, 15) is 14.7 Å². The topological polar surface area (TPSA) is 206 Å². The standard InChI is InChI=1S/C10H7N2O2.C10H14N2O.2CO2.2Na.H2O/c1-6(13)7-5-12-8-3-2-4-11-9(8)10(7)14;1-3-5-10(13)12-9-6-4-7-11-8(9)2;2*2-1-3;;;/h2-4H,1H3,(H,12,14);4,6-7H,3,5H2,1-2H3,(H,12,13);;;;;1H2/q-1;;;;2*+1;/p-2. The number of anilines is 1. The summed E-state index contributed by atoms with van der Waals surface area (Å²) < 4.78 is 0. The molecular formula is C22H21N4Na2O8-. The van der Waals surface area contributed by atoms with Crippen molar-refractivity contribution in [3.8, 4) is 5.75 Å². The number of carbonyl (C=O) groups excluding carboxylic acids is 6. The first-order valence-corrected chi connectivity index (χ1v) is 9.31. The third kappa shape index (κ3) is 15.4. The van der Waals surface area contributed by atoms with Crippen molar-refractivity contribution in [2.75, 3.05) is 5.32 Å². The van der Waals surface area contributed by atoms with Crippen molar-refractivity contribution in [3.05, 3.63) is 54.1 Å². The molecule has 0 aliphatic rings. The Morgan fingerprint density at radius 1 is 1.03 bits per heavy atom. The van der Waals surface area contributed by atoms with Crippen molar-refractivity contribution < 1.29 is 98.5 Å². The molecule has 3 aromatic rings. The van der Waals surface area contributed by atoms with Crippen LogP contribution in [-0.2, 0) is 24.0 Å². The van der Waals surface area contributed by atoms with Gasteiger partial charge in [-0.25, -0.2) is 0 Å². The largest absolute Gasteiger partial charge is 1.00 e. The summed E-state index contributed by atoms with van der Waals surface area (Å²) in [6.45, 7) is 5.17. The van der Waals surface area contributed by atoms with Gasteiger partial charge in [0, 0.05) is 24.3 Å². The van der Waals surface area contributed by atoms with Gasteiger partial charge in [0.05, 0.1) is 17.2 Å². The monoisotopic (exact) mass is 515 g/mol. The number of hydrogen-bond donors (Lipinski definition) is 1. The second kappa shape index (κ2) is 24.1. The predicted octanol–water partition coefficient (Wildman–Crippen LogP) is -4.50. The van der Waals surface area contributed by atoms with Crippen molar-refractivity contribution in [2.45, 2.75) is 33.6 Å². The van der Waals surface area contributed by atoms with Gasteiger partial charge in [-0.15, -0.1) is 0 Å². The fourth-order valence-electron chi connectivity index (χ4n) is 2.24. The molecule has 0 aliphatic heterocycles. The Morgan fingerprint density at radius 3 is 2.06 bits per heavy atom. The minimum atomic E-state index is -0.400. The van der Waals surface area contributed by atoms with Crippen LogP contribution < -0.4 is 69.5 Å². The number of nitrogens with one attached hydrogen (secondary N) is 1. The molecule has 3 aromatic heterocycles. The summed E-state index contributed by atoms with van der Waals surface area (Å²) in [5, 5.41) is 14.4. The van der Waals surface area contributed by atoms with Crippen LogP contribution in [0.5, 0.6) is 5.75 Å². The first-order chi connectivity index (χ1) is 15.8. The summed E-state index contributed by atoms with van der Waals surface area (Å²) in [5.41, 5.74) is 2.31. The van der Waals surface area contributed by atoms with E-state index in [-0.39, 0.29) is 99.7 Å².